The first-order valence-electron chi connectivity index (χ1n) is 7.43. The number of hydrogen-bond acceptors (Lipinski definition) is 1. The first-order valence-corrected chi connectivity index (χ1v) is 8.22. The lowest BCUT2D eigenvalue weighted by Gasteiger charge is -2.05. The van der Waals surface area contributed by atoms with E-state index in [1.165, 1.54) is 18.2 Å². The molecule has 3 rings (SSSR count). The van der Waals surface area contributed by atoms with Crippen molar-refractivity contribution in [3.63, 3.8) is 0 Å². The molecule has 1 heterocycles. The number of fused-ring (bicyclic) bond motifs is 1. The summed E-state index contributed by atoms with van der Waals surface area (Å²) in [6.07, 6.45) is 0.950. The van der Waals surface area contributed by atoms with Gasteiger partial charge in [-0.3, -0.25) is 4.79 Å². The van der Waals surface area contributed by atoms with Crippen LogP contribution in [0.25, 0.3) is 22.2 Å². The molecule has 0 saturated carbocycles. The number of carbonyl (C=O) groups is 1. The molecule has 6 heteroatoms. The number of carboxylic acids is 1. The molecule has 3 nitrogen and oxygen atoms in total. The van der Waals surface area contributed by atoms with Crippen LogP contribution < -0.4 is 0 Å². The lowest BCUT2D eigenvalue weighted by molar-refractivity contribution is -0.137. The molecule has 2 aromatic carbocycles. The van der Waals surface area contributed by atoms with E-state index in [1.54, 1.807) is 18.2 Å². The monoisotopic (exact) mass is 393 g/mol. The van der Waals surface area contributed by atoms with Gasteiger partial charge in [-0.05, 0) is 60.4 Å². The Balaban J connectivity index is 2.13. The van der Waals surface area contributed by atoms with Gasteiger partial charge in [0.15, 0.2) is 0 Å². The SMILES string of the molecule is O=C(O)CCCc1c(-c2ccc(F)cc2)[nH]c2c(F)cc(Br)cc12. The third-order valence-corrected chi connectivity index (χ3v) is 4.34. The summed E-state index contributed by atoms with van der Waals surface area (Å²) in [7, 11) is 0. The van der Waals surface area contributed by atoms with Crippen LogP contribution in [-0.2, 0) is 11.2 Å². The molecule has 0 atom stereocenters. The lowest BCUT2D eigenvalue weighted by Crippen LogP contribution is -1.96. The summed E-state index contributed by atoms with van der Waals surface area (Å²) in [5.74, 6) is -1.62. The summed E-state index contributed by atoms with van der Waals surface area (Å²) in [5, 5.41) is 9.54. The molecule has 0 spiro atoms. The quantitative estimate of drug-likeness (QED) is 0.619. The van der Waals surface area contributed by atoms with Gasteiger partial charge in [-0.15, -0.1) is 0 Å². The van der Waals surface area contributed by atoms with Crippen molar-refractivity contribution in [2.24, 2.45) is 0 Å². The maximum atomic E-state index is 14.3. The van der Waals surface area contributed by atoms with Gasteiger partial charge in [0.2, 0.25) is 0 Å². The Morgan fingerprint density at radius 3 is 2.54 bits per heavy atom. The summed E-state index contributed by atoms with van der Waals surface area (Å²) in [6, 6.07) is 9.09. The maximum absolute atomic E-state index is 14.3. The summed E-state index contributed by atoms with van der Waals surface area (Å²) in [5.41, 5.74) is 2.61. The number of aliphatic carboxylic acids is 1. The Morgan fingerprint density at radius 2 is 1.88 bits per heavy atom. The fourth-order valence-corrected chi connectivity index (χ4v) is 3.24. The van der Waals surface area contributed by atoms with Crippen LogP contribution in [0.2, 0.25) is 0 Å². The minimum Gasteiger partial charge on any atom is -0.481 e. The van der Waals surface area contributed by atoms with Crippen LogP contribution in [0.5, 0.6) is 0 Å². The zero-order valence-corrected chi connectivity index (χ0v) is 14.2. The van der Waals surface area contributed by atoms with Gasteiger partial charge in [-0.1, -0.05) is 15.9 Å². The minimum atomic E-state index is -0.870. The lowest BCUT2D eigenvalue weighted by atomic mass is 10.0. The molecular weight excluding hydrogens is 380 g/mol. The predicted octanol–water partition coefficient (Wildman–Crippen LogP) is 5.28. The number of aryl methyl sites for hydroxylation is 1. The fourth-order valence-electron chi connectivity index (χ4n) is 2.81. The Morgan fingerprint density at radius 1 is 1.17 bits per heavy atom. The van der Waals surface area contributed by atoms with Crippen molar-refractivity contribution in [3.8, 4) is 11.3 Å². The van der Waals surface area contributed by atoms with Crippen molar-refractivity contribution >= 4 is 32.8 Å². The molecule has 3 aromatic rings. The van der Waals surface area contributed by atoms with E-state index >= 15 is 0 Å². The first-order chi connectivity index (χ1) is 11.5. The Hall–Kier alpha value is -2.21. The predicted molar refractivity (Wildman–Crippen MR) is 91.9 cm³/mol. The van der Waals surface area contributed by atoms with Crippen LogP contribution >= 0.6 is 15.9 Å². The summed E-state index contributed by atoms with van der Waals surface area (Å²) < 4.78 is 28.0. The molecule has 0 aliphatic carbocycles. The maximum Gasteiger partial charge on any atom is 0.303 e. The average molecular weight is 394 g/mol. The second-order valence-electron chi connectivity index (χ2n) is 5.54. The van der Waals surface area contributed by atoms with Crippen LogP contribution in [0.4, 0.5) is 8.78 Å². The Bertz CT molecular complexity index is 904. The van der Waals surface area contributed by atoms with Crippen LogP contribution in [0.1, 0.15) is 18.4 Å². The van der Waals surface area contributed by atoms with E-state index in [-0.39, 0.29) is 12.2 Å². The number of H-pyrrole nitrogens is 1. The summed E-state index contributed by atoms with van der Waals surface area (Å²) in [6.45, 7) is 0. The topological polar surface area (TPSA) is 53.1 Å². The minimum absolute atomic E-state index is 0.0337. The van der Waals surface area contributed by atoms with E-state index in [1.807, 2.05) is 0 Å². The largest absolute Gasteiger partial charge is 0.481 e. The van der Waals surface area contributed by atoms with Gasteiger partial charge >= 0.3 is 5.97 Å². The van der Waals surface area contributed by atoms with Crippen LogP contribution in [0, 0.1) is 11.6 Å². The summed E-state index contributed by atoms with van der Waals surface area (Å²) >= 11 is 3.29. The van der Waals surface area contributed by atoms with Crippen molar-refractivity contribution in [2.45, 2.75) is 19.3 Å². The smallest absolute Gasteiger partial charge is 0.303 e. The van der Waals surface area contributed by atoms with Crippen molar-refractivity contribution in [3.05, 3.63) is 58.1 Å². The molecule has 0 saturated heterocycles. The molecular formula is C18H14BrF2NO2. The van der Waals surface area contributed by atoms with Gasteiger partial charge in [0, 0.05) is 22.0 Å². The molecule has 0 radical (unpaired) electrons. The van der Waals surface area contributed by atoms with E-state index in [0.29, 0.717) is 33.9 Å². The molecule has 24 heavy (non-hydrogen) atoms. The molecule has 0 aliphatic rings. The van der Waals surface area contributed by atoms with Crippen LogP contribution in [-0.4, -0.2) is 16.1 Å². The standard InChI is InChI=1S/C18H14BrF2NO2/c19-11-8-14-13(2-1-3-16(23)24)17(22-18(14)15(21)9-11)10-4-6-12(20)7-5-10/h4-9,22H,1-3H2,(H,23,24). The highest BCUT2D eigenvalue weighted by atomic mass is 79.9. The normalized spacial score (nSPS) is 11.1. The molecule has 0 aliphatic heterocycles. The zero-order chi connectivity index (χ0) is 17.3. The molecule has 2 N–H and O–H groups in total. The average Bonchev–Trinajstić information content (AvgIpc) is 2.87. The van der Waals surface area contributed by atoms with Gasteiger partial charge in [0.05, 0.1) is 5.52 Å². The molecule has 0 unspecified atom stereocenters. The van der Waals surface area contributed by atoms with Crippen LogP contribution in [0.15, 0.2) is 40.9 Å². The van der Waals surface area contributed by atoms with E-state index in [0.717, 1.165) is 11.1 Å². The highest BCUT2D eigenvalue weighted by Gasteiger charge is 2.17. The number of hydrogen-bond donors (Lipinski definition) is 2. The Kier molecular flexibility index (Phi) is 4.66. The third kappa shape index (κ3) is 3.33. The van der Waals surface area contributed by atoms with E-state index in [9.17, 15) is 13.6 Å². The van der Waals surface area contributed by atoms with Crippen molar-refractivity contribution in [2.75, 3.05) is 0 Å². The van der Waals surface area contributed by atoms with Crippen molar-refractivity contribution in [1.82, 2.24) is 4.98 Å². The highest BCUT2D eigenvalue weighted by molar-refractivity contribution is 9.10. The van der Waals surface area contributed by atoms with Gasteiger partial charge in [0.25, 0.3) is 0 Å². The number of nitrogens with one attached hydrogen (secondary N) is 1. The second kappa shape index (κ2) is 6.73. The van der Waals surface area contributed by atoms with Gasteiger partial charge < -0.3 is 10.1 Å². The highest BCUT2D eigenvalue weighted by Crippen LogP contribution is 2.34. The van der Waals surface area contributed by atoms with Gasteiger partial charge in [0.1, 0.15) is 11.6 Å². The van der Waals surface area contributed by atoms with Crippen molar-refractivity contribution in [1.29, 1.82) is 0 Å². The zero-order valence-electron chi connectivity index (χ0n) is 12.6. The number of halogens is 3. The molecule has 0 bridgehead atoms. The first kappa shape index (κ1) is 16.6. The third-order valence-electron chi connectivity index (χ3n) is 3.88. The number of benzene rings is 2. The molecule has 1 aromatic heterocycles. The van der Waals surface area contributed by atoms with Crippen molar-refractivity contribution < 1.29 is 18.7 Å². The Labute approximate surface area is 145 Å². The van der Waals surface area contributed by atoms with Gasteiger partial charge in [-0.2, -0.15) is 0 Å². The molecule has 0 amide bonds. The molecule has 124 valence electrons. The molecule has 0 fully saturated rings. The number of rotatable bonds is 5. The summed E-state index contributed by atoms with van der Waals surface area (Å²) in [4.78, 5) is 13.8. The number of carboxylic acid groups (broad SMARTS) is 1. The van der Waals surface area contributed by atoms with E-state index < -0.39 is 11.8 Å². The van der Waals surface area contributed by atoms with Gasteiger partial charge in [-0.25, -0.2) is 8.78 Å². The van der Waals surface area contributed by atoms with Crippen LogP contribution in [0.3, 0.4) is 0 Å². The van der Waals surface area contributed by atoms with E-state index in [2.05, 4.69) is 20.9 Å². The number of aromatic nitrogens is 1. The number of aromatic amines is 1. The fraction of sp³-hybridized carbons (Fsp3) is 0.167. The van der Waals surface area contributed by atoms with E-state index in [4.69, 9.17) is 5.11 Å². The second-order valence-corrected chi connectivity index (χ2v) is 6.46.